The van der Waals surface area contributed by atoms with Gasteiger partial charge in [0.05, 0.1) is 6.04 Å². The molecule has 6 heteroatoms. The van der Waals surface area contributed by atoms with Crippen LogP contribution in [0.1, 0.15) is 32.4 Å². The molecule has 0 aromatic heterocycles. The van der Waals surface area contributed by atoms with Crippen LogP contribution < -0.4 is 10.6 Å². The third-order valence-corrected chi connectivity index (χ3v) is 4.42. The highest BCUT2D eigenvalue weighted by Crippen LogP contribution is 2.36. The molecule has 0 radical (unpaired) electrons. The van der Waals surface area contributed by atoms with E-state index in [1.54, 1.807) is 11.8 Å². The van der Waals surface area contributed by atoms with Gasteiger partial charge in [-0.1, -0.05) is 22.0 Å². The van der Waals surface area contributed by atoms with Crippen molar-refractivity contribution in [2.24, 2.45) is 0 Å². The van der Waals surface area contributed by atoms with Crippen molar-refractivity contribution in [3.8, 4) is 0 Å². The zero-order valence-corrected chi connectivity index (χ0v) is 14.0. The van der Waals surface area contributed by atoms with Gasteiger partial charge in [0.2, 0.25) is 11.8 Å². The first-order chi connectivity index (χ1) is 9.99. The molecule has 2 unspecified atom stereocenters. The van der Waals surface area contributed by atoms with E-state index in [4.69, 9.17) is 0 Å². The van der Waals surface area contributed by atoms with Gasteiger partial charge in [-0.3, -0.25) is 14.9 Å². The van der Waals surface area contributed by atoms with Crippen LogP contribution in [-0.2, 0) is 9.59 Å². The largest absolute Gasteiger partial charge is 0.342 e. The van der Waals surface area contributed by atoms with Crippen molar-refractivity contribution in [3.05, 3.63) is 28.2 Å². The molecule has 0 bridgehead atoms. The van der Waals surface area contributed by atoms with E-state index in [0.717, 1.165) is 15.7 Å². The predicted molar refractivity (Wildman–Crippen MR) is 86.0 cm³/mol. The number of hydrogen-bond donors (Lipinski definition) is 2. The summed E-state index contributed by atoms with van der Waals surface area (Å²) in [5.74, 6) is -0.121. The van der Waals surface area contributed by atoms with Gasteiger partial charge in [-0.25, -0.2) is 0 Å². The molecule has 0 fully saturated rings. The van der Waals surface area contributed by atoms with Crippen molar-refractivity contribution in [1.29, 1.82) is 0 Å². The number of nitrogens with one attached hydrogen (secondary N) is 2. The van der Waals surface area contributed by atoms with Crippen LogP contribution in [-0.4, -0.2) is 35.8 Å². The smallest absolute Gasteiger partial charge is 0.246 e. The molecule has 0 aliphatic carbocycles. The fourth-order valence-corrected chi connectivity index (χ4v) is 3.16. The molecule has 21 heavy (non-hydrogen) atoms. The second-order valence-electron chi connectivity index (χ2n) is 5.02. The normalized spacial score (nSPS) is 18.1. The van der Waals surface area contributed by atoms with E-state index in [2.05, 4.69) is 26.6 Å². The number of amides is 2. The van der Waals surface area contributed by atoms with Gasteiger partial charge in [0, 0.05) is 28.8 Å². The van der Waals surface area contributed by atoms with E-state index in [0.29, 0.717) is 13.1 Å². The summed E-state index contributed by atoms with van der Waals surface area (Å²) in [5, 5.41) is 5.97. The number of carbonyl (C=O) groups is 2. The number of anilines is 1. The number of benzene rings is 1. The highest BCUT2D eigenvalue weighted by Gasteiger charge is 2.34. The molecule has 1 aliphatic rings. The van der Waals surface area contributed by atoms with Crippen LogP contribution >= 0.6 is 15.9 Å². The average molecular weight is 354 g/mol. The third-order valence-electron chi connectivity index (χ3n) is 3.72. The summed E-state index contributed by atoms with van der Waals surface area (Å²) in [6, 6.07) is 4.70. The molecule has 0 saturated heterocycles. The average Bonchev–Trinajstić information content (AvgIpc) is 2.77. The summed E-state index contributed by atoms with van der Waals surface area (Å²) in [6.45, 7) is 7.02. The number of halogens is 1. The lowest BCUT2D eigenvalue weighted by Crippen LogP contribution is -2.47. The van der Waals surface area contributed by atoms with Gasteiger partial charge in [-0.05, 0) is 32.9 Å². The Labute approximate surface area is 133 Å². The Balaban J connectivity index is 2.17. The minimum Gasteiger partial charge on any atom is -0.342 e. The minimum absolute atomic E-state index is 0.00769. The fraction of sp³-hybridized carbons (Fsp3) is 0.467. The van der Waals surface area contributed by atoms with Crippen LogP contribution in [0.15, 0.2) is 22.7 Å². The first kappa shape index (κ1) is 16.0. The topological polar surface area (TPSA) is 61.4 Å². The lowest BCUT2D eigenvalue weighted by atomic mass is 10.1. The predicted octanol–water partition coefficient (Wildman–Crippen LogP) is 2.29. The van der Waals surface area contributed by atoms with Crippen LogP contribution in [0.5, 0.6) is 0 Å². The third kappa shape index (κ3) is 3.11. The van der Waals surface area contributed by atoms with Gasteiger partial charge in [0.15, 0.2) is 0 Å². The van der Waals surface area contributed by atoms with Crippen molar-refractivity contribution < 1.29 is 9.59 Å². The van der Waals surface area contributed by atoms with Crippen molar-refractivity contribution >= 4 is 33.4 Å². The SMILES string of the molecule is CCN(CC)C(=O)C(C)NC1C(=O)Nc2cccc(Br)c21. The summed E-state index contributed by atoms with van der Waals surface area (Å²) < 4.78 is 0.860. The molecule has 2 amide bonds. The monoisotopic (exact) mass is 353 g/mol. The first-order valence-corrected chi connectivity index (χ1v) is 7.93. The van der Waals surface area contributed by atoms with Crippen LogP contribution in [0, 0.1) is 0 Å². The molecule has 1 aliphatic heterocycles. The second-order valence-corrected chi connectivity index (χ2v) is 5.88. The minimum atomic E-state index is -0.509. The molecular weight excluding hydrogens is 334 g/mol. The van der Waals surface area contributed by atoms with E-state index in [1.165, 1.54) is 0 Å². The molecule has 5 nitrogen and oxygen atoms in total. The fourth-order valence-electron chi connectivity index (χ4n) is 2.56. The molecule has 2 rings (SSSR count). The zero-order chi connectivity index (χ0) is 15.6. The number of rotatable bonds is 5. The first-order valence-electron chi connectivity index (χ1n) is 7.13. The second kappa shape index (κ2) is 6.58. The molecule has 1 aromatic carbocycles. The summed E-state index contributed by atoms with van der Waals surface area (Å²) in [6.07, 6.45) is 0. The maximum Gasteiger partial charge on any atom is 0.246 e. The number of likely N-dealkylation sites (N-methyl/N-ethyl adjacent to an activating group) is 1. The van der Waals surface area contributed by atoms with Gasteiger partial charge in [0.1, 0.15) is 6.04 Å². The Morgan fingerprint density at radius 2 is 2.10 bits per heavy atom. The van der Waals surface area contributed by atoms with E-state index >= 15 is 0 Å². The van der Waals surface area contributed by atoms with Crippen molar-refractivity contribution in [2.75, 3.05) is 18.4 Å². The Hall–Kier alpha value is -1.40. The molecule has 0 spiro atoms. The highest BCUT2D eigenvalue weighted by atomic mass is 79.9. The number of fused-ring (bicyclic) bond motifs is 1. The van der Waals surface area contributed by atoms with Gasteiger partial charge < -0.3 is 10.2 Å². The summed E-state index contributed by atoms with van der Waals surface area (Å²) in [5.41, 5.74) is 1.65. The molecule has 1 heterocycles. The van der Waals surface area contributed by atoms with Gasteiger partial charge >= 0.3 is 0 Å². The molecule has 1 aromatic rings. The number of carbonyl (C=O) groups excluding carboxylic acids is 2. The summed E-state index contributed by atoms with van der Waals surface area (Å²) >= 11 is 3.47. The molecule has 114 valence electrons. The van der Waals surface area contributed by atoms with Crippen LogP contribution in [0.4, 0.5) is 5.69 Å². The quantitative estimate of drug-likeness (QED) is 0.853. The lowest BCUT2D eigenvalue weighted by molar-refractivity contribution is -0.133. The molecule has 2 atom stereocenters. The Morgan fingerprint density at radius 3 is 2.71 bits per heavy atom. The van der Waals surface area contributed by atoms with Gasteiger partial charge in [-0.15, -0.1) is 0 Å². The Bertz CT molecular complexity index is 558. The Morgan fingerprint density at radius 1 is 1.43 bits per heavy atom. The highest BCUT2D eigenvalue weighted by molar-refractivity contribution is 9.10. The maximum atomic E-state index is 12.3. The summed E-state index contributed by atoms with van der Waals surface area (Å²) in [7, 11) is 0. The number of nitrogens with zero attached hydrogens (tertiary/aromatic N) is 1. The summed E-state index contributed by atoms with van der Waals surface area (Å²) in [4.78, 5) is 26.2. The number of hydrogen-bond acceptors (Lipinski definition) is 3. The maximum absolute atomic E-state index is 12.3. The van der Waals surface area contributed by atoms with Gasteiger partial charge in [0.25, 0.3) is 0 Å². The van der Waals surface area contributed by atoms with E-state index in [1.807, 2.05) is 32.0 Å². The van der Waals surface area contributed by atoms with Crippen molar-refractivity contribution in [3.63, 3.8) is 0 Å². The van der Waals surface area contributed by atoms with Crippen molar-refractivity contribution in [1.82, 2.24) is 10.2 Å². The van der Waals surface area contributed by atoms with Crippen molar-refractivity contribution in [2.45, 2.75) is 32.9 Å². The molecule has 2 N–H and O–H groups in total. The van der Waals surface area contributed by atoms with Crippen LogP contribution in [0.2, 0.25) is 0 Å². The van der Waals surface area contributed by atoms with E-state index in [-0.39, 0.29) is 11.8 Å². The lowest BCUT2D eigenvalue weighted by Gasteiger charge is -2.25. The van der Waals surface area contributed by atoms with Crippen LogP contribution in [0.25, 0.3) is 0 Å². The zero-order valence-electron chi connectivity index (χ0n) is 12.4. The van der Waals surface area contributed by atoms with Crippen LogP contribution in [0.3, 0.4) is 0 Å². The molecule has 0 saturated carbocycles. The molecular formula is C15H20BrN3O2. The van der Waals surface area contributed by atoms with Gasteiger partial charge in [-0.2, -0.15) is 0 Å². The Kier molecular flexibility index (Phi) is 5.00. The standard InChI is InChI=1S/C15H20BrN3O2/c1-4-19(5-2)15(21)9(3)17-13-12-10(16)7-6-8-11(12)18-14(13)20/h6-9,13,17H,4-5H2,1-3H3,(H,18,20). The van der Waals surface area contributed by atoms with E-state index < -0.39 is 12.1 Å². The van der Waals surface area contributed by atoms with E-state index in [9.17, 15) is 9.59 Å².